The van der Waals surface area contributed by atoms with Crippen molar-refractivity contribution in [2.75, 3.05) is 7.05 Å². The Morgan fingerprint density at radius 2 is 1.96 bits per heavy atom. The smallest absolute Gasteiger partial charge is 0.191 e. The van der Waals surface area contributed by atoms with Crippen molar-refractivity contribution in [1.82, 2.24) is 25.4 Å². The molecule has 8 heteroatoms. The molecule has 24 heavy (non-hydrogen) atoms. The maximum absolute atomic E-state index is 5.28. The highest BCUT2D eigenvalue weighted by Gasteiger charge is 2.01. The molecule has 7 nitrogen and oxygen atoms in total. The highest BCUT2D eigenvalue weighted by atomic mass is 127. The lowest BCUT2D eigenvalue weighted by Crippen LogP contribution is -2.36. The molecule has 0 aliphatic carbocycles. The van der Waals surface area contributed by atoms with E-state index in [4.69, 9.17) is 4.42 Å². The number of nitrogens with zero attached hydrogens (tertiary/aromatic N) is 4. The van der Waals surface area contributed by atoms with Gasteiger partial charge in [0.05, 0.1) is 18.5 Å². The van der Waals surface area contributed by atoms with E-state index in [2.05, 4.69) is 25.7 Å². The van der Waals surface area contributed by atoms with Crippen LogP contribution in [0.5, 0.6) is 0 Å². The van der Waals surface area contributed by atoms with Crippen molar-refractivity contribution in [3.05, 3.63) is 66.6 Å². The van der Waals surface area contributed by atoms with Gasteiger partial charge < -0.3 is 15.1 Å². The number of halogens is 1. The Kier molecular flexibility index (Phi) is 6.79. The molecular formula is C16H19IN6O. The molecule has 0 unspecified atom stereocenters. The van der Waals surface area contributed by atoms with Crippen LogP contribution in [-0.4, -0.2) is 27.8 Å². The normalized spacial score (nSPS) is 11.0. The average molecular weight is 438 g/mol. The second-order valence-electron chi connectivity index (χ2n) is 4.87. The van der Waals surface area contributed by atoms with Gasteiger partial charge in [0.25, 0.3) is 0 Å². The molecule has 0 saturated carbocycles. The number of hydrogen-bond acceptors (Lipinski definition) is 4. The van der Waals surface area contributed by atoms with Crippen LogP contribution in [0.15, 0.2) is 64.7 Å². The molecule has 2 N–H and O–H groups in total. The molecule has 0 saturated heterocycles. The first-order valence-electron chi connectivity index (χ1n) is 7.26. The number of benzene rings is 1. The number of guanidine groups is 1. The molecule has 0 bridgehead atoms. The van der Waals surface area contributed by atoms with Crippen LogP contribution in [0.25, 0.3) is 5.69 Å². The predicted octanol–water partition coefficient (Wildman–Crippen LogP) is 2.34. The Hall–Kier alpha value is -2.36. The van der Waals surface area contributed by atoms with Gasteiger partial charge in [0, 0.05) is 13.6 Å². The van der Waals surface area contributed by atoms with Crippen LogP contribution in [0.4, 0.5) is 0 Å². The van der Waals surface area contributed by atoms with Gasteiger partial charge >= 0.3 is 0 Å². The van der Waals surface area contributed by atoms with E-state index in [-0.39, 0.29) is 24.0 Å². The Bertz CT molecular complexity index is 737. The van der Waals surface area contributed by atoms with Crippen LogP contribution in [0.2, 0.25) is 0 Å². The maximum Gasteiger partial charge on any atom is 0.191 e. The summed E-state index contributed by atoms with van der Waals surface area (Å²) in [6, 6.07) is 11.9. The van der Waals surface area contributed by atoms with Gasteiger partial charge in [-0.3, -0.25) is 4.99 Å². The summed E-state index contributed by atoms with van der Waals surface area (Å²) in [6.45, 7) is 1.27. The van der Waals surface area contributed by atoms with Crippen LogP contribution in [-0.2, 0) is 13.1 Å². The number of rotatable bonds is 5. The Morgan fingerprint density at radius 3 is 2.58 bits per heavy atom. The van der Waals surface area contributed by atoms with Gasteiger partial charge in [0.2, 0.25) is 0 Å². The van der Waals surface area contributed by atoms with E-state index in [0.29, 0.717) is 13.1 Å². The lowest BCUT2D eigenvalue weighted by Gasteiger charge is -2.11. The summed E-state index contributed by atoms with van der Waals surface area (Å²) in [5, 5.41) is 10.6. The fourth-order valence-corrected chi connectivity index (χ4v) is 2.10. The zero-order chi connectivity index (χ0) is 15.9. The number of aliphatic imine (C=N–C) groups is 1. The summed E-state index contributed by atoms with van der Waals surface area (Å²) in [4.78, 5) is 8.13. The van der Waals surface area contributed by atoms with Gasteiger partial charge in [-0.25, -0.2) is 9.67 Å². The minimum atomic E-state index is 0. The average Bonchev–Trinajstić information content (AvgIpc) is 3.29. The summed E-state index contributed by atoms with van der Waals surface area (Å²) in [7, 11) is 1.74. The van der Waals surface area contributed by atoms with Crippen molar-refractivity contribution in [3.8, 4) is 5.69 Å². The summed E-state index contributed by atoms with van der Waals surface area (Å²) >= 11 is 0. The molecule has 2 heterocycles. The quantitative estimate of drug-likeness (QED) is 0.363. The molecule has 3 aromatic rings. The summed E-state index contributed by atoms with van der Waals surface area (Å²) in [6.07, 6.45) is 4.85. The van der Waals surface area contributed by atoms with E-state index in [1.807, 2.05) is 36.4 Å². The van der Waals surface area contributed by atoms with Crippen LogP contribution in [0.1, 0.15) is 11.3 Å². The topological polar surface area (TPSA) is 80.3 Å². The molecule has 0 aliphatic heterocycles. The van der Waals surface area contributed by atoms with Crippen LogP contribution < -0.4 is 10.6 Å². The third kappa shape index (κ3) is 4.82. The molecule has 0 aliphatic rings. The highest BCUT2D eigenvalue weighted by molar-refractivity contribution is 14.0. The largest absolute Gasteiger partial charge is 0.467 e. The number of nitrogens with one attached hydrogen (secondary N) is 2. The fraction of sp³-hybridized carbons (Fsp3) is 0.188. The number of aromatic nitrogens is 3. The Morgan fingerprint density at radius 1 is 1.17 bits per heavy atom. The van der Waals surface area contributed by atoms with E-state index in [0.717, 1.165) is 23.0 Å². The molecular weight excluding hydrogens is 419 g/mol. The summed E-state index contributed by atoms with van der Waals surface area (Å²) in [5.74, 6) is 1.59. The van der Waals surface area contributed by atoms with E-state index in [1.165, 1.54) is 6.33 Å². The van der Waals surface area contributed by atoms with Crippen molar-refractivity contribution in [1.29, 1.82) is 0 Å². The van der Waals surface area contributed by atoms with Crippen molar-refractivity contribution in [2.45, 2.75) is 13.1 Å². The van der Waals surface area contributed by atoms with Crippen LogP contribution in [0, 0.1) is 0 Å². The van der Waals surface area contributed by atoms with Gasteiger partial charge in [-0.05, 0) is 29.8 Å². The molecule has 126 valence electrons. The monoisotopic (exact) mass is 438 g/mol. The molecule has 0 radical (unpaired) electrons. The third-order valence-corrected chi connectivity index (χ3v) is 3.31. The Balaban J connectivity index is 0.00000208. The van der Waals surface area contributed by atoms with Crippen LogP contribution in [0.3, 0.4) is 0 Å². The van der Waals surface area contributed by atoms with E-state index in [9.17, 15) is 0 Å². The summed E-state index contributed by atoms with van der Waals surface area (Å²) < 4.78 is 7.00. The van der Waals surface area contributed by atoms with E-state index in [1.54, 1.807) is 24.3 Å². The first-order valence-corrected chi connectivity index (χ1v) is 7.26. The minimum Gasteiger partial charge on any atom is -0.467 e. The predicted molar refractivity (Wildman–Crippen MR) is 103 cm³/mol. The fourth-order valence-electron chi connectivity index (χ4n) is 2.10. The third-order valence-electron chi connectivity index (χ3n) is 3.31. The van der Waals surface area contributed by atoms with Gasteiger partial charge in [-0.1, -0.05) is 12.1 Å². The standard InChI is InChI=1S/C16H18N6O.HI/c1-17-16(20-10-15-3-2-8-23-15)19-9-13-4-6-14(7-5-13)22-12-18-11-21-22;/h2-8,11-12H,9-10H2,1H3,(H2,17,19,20);1H. The minimum absolute atomic E-state index is 0. The van der Waals surface area contributed by atoms with Crippen molar-refractivity contribution in [3.63, 3.8) is 0 Å². The first-order chi connectivity index (χ1) is 11.3. The second-order valence-corrected chi connectivity index (χ2v) is 4.87. The molecule has 0 atom stereocenters. The molecule has 1 aromatic carbocycles. The lowest BCUT2D eigenvalue weighted by atomic mass is 10.2. The van der Waals surface area contributed by atoms with Gasteiger partial charge in [-0.2, -0.15) is 5.10 Å². The summed E-state index contributed by atoms with van der Waals surface area (Å²) in [5.41, 5.74) is 2.13. The Labute approximate surface area is 157 Å². The van der Waals surface area contributed by atoms with E-state index >= 15 is 0 Å². The molecule has 0 fully saturated rings. The maximum atomic E-state index is 5.28. The lowest BCUT2D eigenvalue weighted by molar-refractivity contribution is 0.501. The van der Waals surface area contributed by atoms with Crippen LogP contribution >= 0.6 is 24.0 Å². The van der Waals surface area contributed by atoms with Crippen molar-refractivity contribution >= 4 is 29.9 Å². The molecule has 2 aromatic heterocycles. The zero-order valence-corrected chi connectivity index (χ0v) is 15.5. The van der Waals surface area contributed by atoms with Gasteiger partial charge in [0.1, 0.15) is 18.4 Å². The van der Waals surface area contributed by atoms with Crippen molar-refractivity contribution in [2.24, 2.45) is 4.99 Å². The SMILES string of the molecule is CN=C(NCc1ccc(-n2cncn2)cc1)NCc1ccco1.I. The highest BCUT2D eigenvalue weighted by Crippen LogP contribution is 2.07. The second kappa shape index (κ2) is 9.06. The zero-order valence-electron chi connectivity index (χ0n) is 13.2. The number of furan rings is 1. The molecule has 0 spiro atoms. The van der Waals surface area contributed by atoms with Crippen molar-refractivity contribution < 1.29 is 4.42 Å². The van der Waals surface area contributed by atoms with E-state index < -0.39 is 0 Å². The molecule has 3 rings (SSSR count). The van der Waals surface area contributed by atoms with Gasteiger partial charge in [-0.15, -0.1) is 24.0 Å². The van der Waals surface area contributed by atoms with Gasteiger partial charge in [0.15, 0.2) is 5.96 Å². The first kappa shape index (κ1) is 18.0. The number of hydrogen-bond donors (Lipinski definition) is 2. The molecule has 0 amide bonds.